The second-order valence-electron chi connectivity index (χ2n) is 15.5. The molecule has 1 aliphatic heterocycles. The quantitative estimate of drug-likeness (QED) is 0.287. The summed E-state index contributed by atoms with van der Waals surface area (Å²) in [6.07, 6.45) is 11.2. The van der Waals surface area contributed by atoms with Gasteiger partial charge in [0.25, 0.3) is 0 Å². The number of nitrogens with one attached hydrogen (secondary N) is 1. The fraction of sp³-hybridized carbons (Fsp3) is 0.781. The number of hydrogen-bond acceptors (Lipinski definition) is 6. The van der Waals surface area contributed by atoms with Crippen LogP contribution in [0.25, 0.3) is 0 Å². The highest BCUT2D eigenvalue weighted by atomic mass is 16.6. The Kier molecular flexibility index (Phi) is 5.34. The highest BCUT2D eigenvalue weighted by Gasteiger charge is 2.70. The zero-order chi connectivity index (χ0) is 27.7. The van der Waals surface area contributed by atoms with Gasteiger partial charge in [0.15, 0.2) is 11.6 Å². The molecule has 10 atom stereocenters. The van der Waals surface area contributed by atoms with Crippen LogP contribution in [0.1, 0.15) is 93.4 Å². The van der Waals surface area contributed by atoms with Crippen LogP contribution in [0.4, 0.5) is 0 Å². The molecule has 2 unspecified atom stereocenters. The Labute approximate surface area is 227 Å². The SMILES string of the molecule is CC1(C)C(=O)C(C#N)=C[C@]2(C)C3=CC(=O)[C@@H]4[C@@H]5C[C@@](C)(C6OC6NN)CC[C@]5(C)CC[C@@]4(C)[C@]3(C)CC[C@@H]12. The van der Waals surface area contributed by atoms with E-state index in [2.05, 4.69) is 46.1 Å². The molecule has 6 aliphatic rings. The van der Waals surface area contributed by atoms with E-state index >= 15 is 0 Å². The molecule has 1 saturated heterocycles. The van der Waals surface area contributed by atoms with Gasteiger partial charge in [-0.25, -0.2) is 5.43 Å². The summed E-state index contributed by atoms with van der Waals surface area (Å²) in [6.45, 7) is 15.7. The number of carbonyl (C=O) groups excluding carboxylic acids is 2. The monoisotopic (exact) mass is 519 g/mol. The average molecular weight is 520 g/mol. The number of fused-ring (bicyclic) bond motifs is 7. The first-order valence-corrected chi connectivity index (χ1v) is 14.7. The maximum absolute atomic E-state index is 14.4. The van der Waals surface area contributed by atoms with Gasteiger partial charge < -0.3 is 4.74 Å². The molecule has 38 heavy (non-hydrogen) atoms. The van der Waals surface area contributed by atoms with Crippen LogP contribution in [0.15, 0.2) is 23.3 Å². The summed E-state index contributed by atoms with van der Waals surface area (Å²) in [5.74, 6) is 6.26. The van der Waals surface area contributed by atoms with Crippen molar-refractivity contribution in [2.45, 2.75) is 106 Å². The van der Waals surface area contributed by atoms with E-state index < -0.39 is 10.8 Å². The average Bonchev–Trinajstić information content (AvgIpc) is 3.65. The van der Waals surface area contributed by atoms with Crippen molar-refractivity contribution >= 4 is 11.6 Å². The van der Waals surface area contributed by atoms with Crippen LogP contribution in [-0.2, 0) is 14.3 Å². The second-order valence-corrected chi connectivity index (χ2v) is 15.5. The van der Waals surface area contributed by atoms with Crippen LogP contribution in [0.5, 0.6) is 0 Å². The maximum atomic E-state index is 14.4. The number of nitrogens with two attached hydrogens (primary N) is 1. The largest absolute Gasteiger partial charge is 0.351 e. The molecule has 6 heteroatoms. The number of nitriles is 1. The molecule has 0 aromatic carbocycles. The molecule has 206 valence electrons. The van der Waals surface area contributed by atoms with Gasteiger partial charge >= 0.3 is 0 Å². The number of nitrogens with zero attached hydrogens (tertiary/aromatic N) is 1. The van der Waals surface area contributed by atoms with E-state index in [0.29, 0.717) is 5.92 Å². The normalized spacial score (nSPS) is 52.9. The number of epoxide rings is 1. The smallest absolute Gasteiger partial charge is 0.178 e. The number of ketones is 2. The summed E-state index contributed by atoms with van der Waals surface area (Å²) < 4.78 is 5.94. The molecule has 3 N–H and O–H groups in total. The van der Waals surface area contributed by atoms with Crippen molar-refractivity contribution in [3.63, 3.8) is 0 Å². The fourth-order valence-electron chi connectivity index (χ4n) is 10.8. The molecule has 1 heterocycles. The molecule has 0 radical (unpaired) electrons. The van der Waals surface area contributed by atoms with Crippen molar-refractivity contribution in [1.29, 1.82) is 5.26 Å². The summed E-state index contributed by atoms with van der Waals surface area (Å²) in [6, 6.07) is 2.20. The van der Waals surface area contributed by atoms with E-state index in [1.165, 1.54) is 5.57 Å². The first-order valence-electron chi connectivity index (χ1n) is 14.7. The number of allylic oxidation sites excluding steroid dienone is 4. The van der Waals surface area contributed by atoms with E-state index in [-0.39, 0.29) is 63.0 Å². The molecule has 4 fully saturated rings. The maximum Gasteiger partial charge on any atom is 0.178 e. The summed E-state index contributed by atoms with van der Waals surface area (Å²) in [7, 11) is 0. The Morgan fingerprint density at radius 1 is 1.00 bits per heavy atom. The molecule has 6 nitrogen and oxygen atoms in total. The van der Waals surface area contributed by atoms with Gasteiger partial charge in [0, 0.05) is 16.7 Å². The third-order valence-electron chi connectivity index (χ3n) is 13.4. The Morgan fingerprint density at radius 3 is 2.29 bits per heavy atom. The van der Waals surface area contributed by atoms with Gasteiger partial charge in [-0.15, -0.1) is 0 Å². The number of hydrogen-bond donors (Lipinski definition) is 2. The predicted octanol–water partition coefficient (Wildman–Crippen LogP) is 5.39. The molecule has 3 saturated carbocycles. The number of ether oxygens (including phenoxy) is 1. The van der Waals surface area contributed by atoms with Crippen molar-refractivity contribution in [2.24, 2.45) is 56.1 Å². The fourth-order valence-corrected chi connectivity index (χ4v) is 10.8. The summed E-state index contributed by atoms with van der Waals surface area (Å²) in [5, 5.41) is 9.89. The van der Waals surface area contributed by atoms with Crippen LogP contribution >= 0.6 is 0 Å². The molecule has 0 spiro atoms. The number of hydrazine groups is 1. The first kappa shape index (κ1) is 26.4. The van der Waals surface area contributed by atoms with E-state index in [1.807, 2.05) is 26.0 Å². The third kappa shape index (κ3) is 3.05. The minimum Gasteiger partial charge on any atom is -0.351 e. The van der Waals surface area contributed by atoms with E-state index in [1.54, 1.807) is 0 Å². The second kappa shape index (κ2) is 7.68. The topological polar surface area (TPSA) is 109 Å². The van der Waals surface area contributed by atoms with Crippen molar-refractivity contribution in [3.05, 3.63) is 23.3 Å². The lowest BCUT2D eigenvalue weighted by molar-refractivity contribution is -0.170. The van der Waals surface area contributed by atoms with Gasteiger partial charge in [-0.2, -0.15) is 5.26 Å². The summed E-state index contributed by atoms with van der Waals surface area (Å²) in [4.78, 5) is 27.7. The van der Waals surface area contributed by atoms with E-state index in [9.17, 15) is 14.9 Å². The van der Waals surface area contributed by atoms with Gasteiger partial charge in [-0.05, 0) is 84.5 Å². The van der Waals surface area contributed by atoms with E-state index in [4.69, 9.17) is 10.6 Å². The highest BCUT2D eigenvalue weighted by Crippen LogP contribution is 2.74. The predicted molar refractivity (Wildman–Crippen MR) is 145 cm³/mol. The van der Waals surface area contributed by atoms with Crippen molar-refractivity contribution < 1.29 is 14.3 Å². The van der Waals surface area contributed by atoms with E-state index in [0.717, 1.165) is 44.9 Å². The minimum atomic E-state index is -0.633. The lowest BCUT2D eigenvalue weighted by atomic mass is 9.34. The Bertz CT molecular complexity index is 1230. The molecule has 0 aromatic rings. The van der Waals surface area contributed by atoms with Crippen molar-refractivity contribution in [2.75, 3.05) is 0 Å². The van der Waals surface area contributed by atoms with Gasteiger partial charge in [-0.1, -0.05) is 60.1 Å². The van der Waals surface area contributed by atoms with Crippen molar-refractivity contribution in [1.82, 2.24) is 5.43 Å². The van der Waals surface area contributed by atoms with Crippen LogP contribution < -0.4 is 11.3 Å². The first-order chi connectivity index (χ1) is 17.6. The molecule has 0 bridgehead atoms. The van der Waals surface area contributed by atoms with Gasteiger partial charge in [0.05, 0.1) is 5.57 Å². The summed E-state index contributed by atoms with van der Waals surface area (Å²) >= 11 is 0. The Balaban J connectivity index is 1.46. The zero-order valence-electron chi connectivity index (χ0n) is 24.2. The Hall–Kier alpha value is -1.81. The Morgan fingerprint density at radius 2 is 1.66 bits per heavy atom. The zero-order valence-corrected chi connectivity index (χ0v) is 24.2. The molecule has 0 aromatic heterocycles. The molecule has 6 rings (SSSR count). The third-order valence-corrected chi connectivity index (χ3v) is 13.4. The molecular weight excluding hydrogens is 474 g/mol. The number of rotatable bonds is 2. The van der Waals surface area contributed by atoms with Gasteiger partial charge in [0.1, 0.15) is 18.4 Å². The number of Topliss-reactive ketones (excluding diaryl/α,β-unsaturated/α-hetero) is 1. The standard InChI is InChI=1S/C32H45N3O3/c1-27(2)21-8-9-31(6)22(30(21,5)15-18(17-33)24(27)37)14-20(36)23-19-16-29(4,25-26(35-34)38-25)11-10-28(19,3)12-13-32(23,31)7/h14-15,19,21,23,25-26,35H,8-13,16,34H2,1-7H3/t19-,21-,23-,25?,26?,28+,29-,30-,31+,32+/m0/s1. The van der Waals surface area contributed by atoms with Crippen LogP contribution in [0.2, 0.25) is 0 Å². The van der Waals surface area contributed by atoms with Crippen molar-refractivity contribution in [3.8, 4) is 6.07 Å². The van der Waals surface area contributed by atoms with Crippen LogP contribution in [-0.4, -0.2) is 23.9 Å². The van der Waals surface area contributed by atoms with Crippen LogP contribution in [0.3, 0.4) is 0 Å². The lowest BCUT2D eigenvalue weighted by Gasteiger charge is -2.69. The number of carbonyl (C=O) groups is 2. The molecular formula is C32H45N3O3. The van der Waals surface area contributed by atoms with Gasteiger partial charge in [-0.3, -0.25) is 15.4 Å². The lowest BCUT2D eigenvalue weighted by Crippen LogP contribution is -2.64. The minimum absolute atomic E-state index is 0.00642. The summed E-state index contributed by atoms with van der Waals surface area (Å²) in [5.41, 5.74) is 2.92. The highest BCUT2D eigenvalue weighted by molar-refractivity contribution is 6.04. The van der Waals surface area contributed by atoms with Gasteiger partial charge in [0.2, 0.25) is 0 Å². The van der Waals surface area contributed by atoms with Crippen LogP contribution in [0, 0.1) is 61.6 Å². The molecule has 5 aliphatic carbocycles. The molecule has 0 amide bonds.